The zero-order valence-corrected chi connectivity index (χ0v) is 7.03. The fourth-order valence-electron chi connectivity index (χ4n) is 1.26. The van der Waals surface area contributed by atoms with Gasteiger partial charge in [-0.3, -0.25) is 0 Å². The predicted octanol–water partition coefficient (Wildman–Crippen LogP) is 2.16. The lowest BCUT2D eigenvalue weighted by Gasteiger charge is -2.10. The molecule has 66 valence electrons. The lowest BCUT2D eigenvalue weighted by Crippen LogP contribution is -2.17. The van der Waals surface area contributed by atoms with Crippen molar-refractivity contribution in [2.75, 3.05) is 0 Å². The van der Waals surface area contributed by atoms with Crippen molar-refractivity contribution in [3.63, 3.8) is 0 Å². The van der Waals surface area contributed by atoms with Crippen LogP contribution in [0.3, 0.4) is 0 Å². The molecular formula is C8H15F2N. The van der Waals surface area contributed by atoms with Crippen molar-refractivity contribution < 1.29 is 8.78 Å². The van der Waals surface area contributed by atoms with Gasteiger partial charge in [-0.2, -0.15) is 0 Å². The molecule has 0 aliphatic heterocycles. The average molecular weight is 163 g/mol. The van der Waals surface area contributed by atoms with Crippen molar-refractivity contribution in [2.45, 2.75) is 45.1 Å². The van der Waals surface area contributed by atoms with Gasteiger partial charge in [0.15, 0.2) is 0 Å². The van der Waals surface area contributed by atoms with Gasteiger partial charge in [0.25, 0.3) is 5.92 Å². The van der Waals surface area contributed by atoms with Gasteiger partial charge >= 0.3 is 0 Å². The summed E-state index contributed by atoms with van der Waals surface area (Å²) in [7, 11) is 0. The summed E-state index contributed by atoms with van der Waals surface area (Å²) in [4.78, 5) is 0. The standard InChI is InChI=1S/C8H15F2N/c1-6(11)3-4-7(2)5-8(7,9)10/h6H,3-5,11H2,1-2H3. The summed E-state index contributed by atoms with van der Waals surface area (Å²) in [6.07, 6.45) is 1.30. The second-order valence-electron chi connectivity index (χ2n) is 3.96. The van der Waals surface area contributed by atoms with E-state index in [0.717, 1.165) is 0 Å². The smallest absolute Gasteiger partial charge is 0.254 e. The first kappa shape index (κ1) is 8.91. The summed E-state index contributed by atoms with van der Waals surface area (Å²) in [6.45, 7) is 3.49. The molecule has 0 aromatic heterocycles. The molecule has 1 rings (SSSR count). The van der Waals surface area contributed by atoms with Crippen LogP contribution in [0.2, 0.25) is 0 Å². The molecule has 1 fully saturated rings. The van der Waals surface area contributed by atoms with E-state index in [0.29, 0.717) is 12.8 Å². The van der Waals surface area contributed by atoms with E-state index in [1.165, 1.54) is 0 Å². The Labute approximate surface area is 66.0 Å². The molecule has 2 unspecified atom stereocenters. The van der Waals surface area contributed by atoms with Crippen LogP contribution in [0.25, 0.3) is 0 Å². The predicted molar refractivity (Wildman–Crippen MR) is 40.6 cm³/mol. The van der Waals surface area contributed by atoms with Crippen LogP contribution in [0.4, 0.5) is 8.78 Å². The molecule has 0 radical (unpaired) electrons. The molecule has 0 saturated heterocycles. The zero-order chi connectivity index (χ0) is 8.70. The van der Waals surface area contributed by atoms with Gasteiger partial charge in [0, 0.05) is 17.9 Å². The molecule has 1 saturated carbocycles. The minimum absolute atomic E-state index is 0.0447. The van der Waals surface area contributed by atoms with Crippen LogP contribution in [0.15, 0.2) is 0 Å². The third-order valence-electron chi connectivity index (χ3n) is 2.52. The monoisotopic (exact) mass is 163 g/mol. The summed E-state index contributed by atoms with van der Waals surface area (Å²) in [5, 5.41) is 0. The van der Waals surface area contributed by atoms with Crippen molar-refractivity contribution in [1.29, 1.82) is 0 Å². The van der Waals surface area contributed by atoms with Crippen LogP contribution in [0, 0.1) is 5.41 Å². The van der Waals surface area contributed by atoms with Crippen LogP contribution >= 0.6 is 0 Å². The van der Waals surface area contributed by atoms with Crippen molar-refractivity contribution in [1.82, 2.24) is 0 Å². The molecular weight excluding hydrogens is 148 g/mol. The van der Waals surface area contributed by atoms with Crippen molar-refractivity contribution in [3.8, 4) is 0 Å². The summed E-state index contributed by atoms with van der Waals surface area (Å²) in [6, 6.07) is 0.0447. The molecule has 2 N–H and O–H groups in total. The van der Waals surface area contributed by atoms with Crippen LogP contribution in [0.1, 0.15) is 33.1 Å². The van der Waals surface area contributed by atoms with E-state index >= 15 is 0 Å². The zero-order valence-electron chi connectivity index (χ0n) is 7.03. The van der Waals surface area contributed by atoms with Gasteiger partial charge in [0.1, 0.15) is 0 Å². The van der Waals surface area contributed by atoms with Crippen LogP contribution < -0.4 is 5.73 Å². The Balaban J connectivity index is 2.29. The molecule has 0 aromatic carbocycles. The first-order chi connectivity index (χ1) is 4.87. The number of rotatable bonds is 3. The van der Waals surface area contributed by atoms with Gasteiger partial charge in [0.2, 0.25) is 0 Å². The van der Waals surface area contributed by atoms with E-state index in [-0.39, 0.29) is 12.5 Å². The Morgan fingerprint density at radius 3 is 2.27 bits per heavy atom. The summed E-state index contributed by atoms with van der Waals surface area (Å²) in [5.41, 5.74) is 4.74. The van der Waals surface area contributed by atoms with E-state index < -0.39 is 11.3 Å². The third kappa shape index (κ3) is 1.70. The van der Waals surface area contributed by atoms with Crippen LogP contribution in [-0.2, 0) is 0 Å². The minimum Gasteiger partial charge on any atom is -0.328 e. The lowest BCUT2D eigenvalue weighted by molar-refractivity contribution is 0.0657. The van der Waals surface area contributed by atoms with E-state index in [9.17, 15) is 8.78 Å². The fraction of sp³-hybridized carbons (Fsp3) is 1.00. The Hall–Kier alpha value is -0.180. The molecule has 0 spiro atoms. The molecule has 11 heavy (non-hydrogen) atoms. The lowest BCUT2D eigenvalue weighted by atomic mass is 9.99. The largest absolute Gasteiger partial charge is 0.328 e. The van der Waals surface area contributed by atoms with Crippen LogP contribution in [-0.4, -0.2) is 12.0 Å². The summed E-state index contributed by atoms with van der Waals surface area (Å²) >= 11 is 0. The molecule has 0 amide bonds. The highest BCUT2D eigenvalue weighted by atomic mass is 19.3. The maximum Gasteiger partial charge on any atom is 0.254 e. The van der Waals surface area contributed by atoms with Gasteiger partial charge in [-0.05, 0) is 19.8 Å². The second kappa shape index (κ2) is 2.41. The van der Waals surface area contributed by atoms with Gasteiger partial charge < -0.3 is 5.73 Å². The Morgan fingerprint density at radius 1 is 1.55 bits per heavy atom. The van der Waals surface area contributed by atoms with E-state index in [2.05, 4.69) is 0 Å². The fourth-order valence-corrected chi connectivity index (χ4v) is 1.26. The average Bonchev–Trinajstić information content (AvgIpc) is 2.29. The first-order valence-electron chi connectivity index (χ1n) is 4.01. The highest BCUT2D eigenvalue weighted by Crippen LogP contribution is 2.62. The summed E-state index contributed by atoms with van der Waals surface area (Å²) in [5.74, 6) is -2.41. The quantitative estimate of drug-likeness (QED) is 0.677. The SMILES string of the molecule is CC(N)CCC1(C)CC1(F)F. The van der Waals surface area contributed by atoms with Gasteiger partial charge in [-0.25, -0.2) is 8.78 Å². The topological polar surface area (TPSA) is 26.0 Å². The van der Waals surface area contributed by atoms with E-state index in [1.807, 2.05) is 6.92 Å². The highest BCUT2D eigenvalue weighted by molar-refractivity contribution is 5.06. The van der Waals surface area contributed by atoms with Crippen LogP contribution in [0.5, 0.6) is 0 Å². The van der Waals surface area contributed by atoms with Crippen molar-refractivity contribution in [2.24, 2.45) is 11.1 Å². The van der Waals surface area contributed by atoms with Crippen molar-refractivity contribution in [3.05, 3.63) is 0 Å². The molecule has 1 aliphatic rings. The molecule has 1 aliphatic carbocycles. The van der Waals surface area contributed by atoms with E-state index in [4.69, 9.17) is 5.73 Å². The Bertz CT molecular complexity index is 156. The maximum absolute atomic E-state index is 12.6. The Kier molecular flexibility index (Phi) is 1.95. The van der Waals surface area contributed by atoms with Gasteiger partial charge in [0.05, 0.1) is 0 Å². The number of hydrogen-bond acceptors (Lipinski definition) is 1. The molecule has 0 aromatic rings. The normalized spacial score (nSPS) is 36.8. The molecule has 0 bridgehead atoms. The number of hydrogen-bond donors (Lipinski definition) is 1. The molecule has 0 heterocycles. The molecule has 2 atom stereocenters. The van der Waals surface area contributed by atoms with Gasteiger partial charge in [-0.15, -0.1) is 0 Å². The first-order valence-corrected chi connectivity index (χ1v) is 4.01. The third-order valence-corrected chi connectivity index (χ3v) is 2.52. The number of nitrogens with two attached hydrogens (primary N) is 1. The molecule has 3 heteroatoms. The number of alkyl halides is 2. The van der Waals surface area contributed by atoms with E-state index in [1.54, 1.807) is 6.92 Å². The summed E-state index contributed by atoms with van der Waals surface area (Å²) < 4.78 is 25.2. The van der Waals surface area contributed by atoms with Crippen molar-refractivity contribution >= 4 is 0 Å². The van der Waals surface area contributed by atoms with Gasteiger partial charge in [-0.1, -0.05) is 6.92 Å². The second-order valence-corrected chi connectivity index (χ2v) is 3.96. The molecule has 1 nitrogen and oxygen atoms in total. The number of halogens is 2. The maximum atomic E-state index is 12.6. The Morgan fingerprint density at radius 2 is 2.00 bits per heavy atom. The highest BCUT2D eigenvalue weighted by Gasteiger charge is 2.66. The minimum atomic E-state index is -2.41.